The third-order valence-corrected chi connectivity index (χ3v) is 3.18. The van der Waals surface area contributed by atoms with E-state index in [1.165, 1.54) is 0 Å². The third kappa shape index (κ3) is 4.75. The van der Waals surface area contributed by atoms with Crippen LogP contribution in [0.15, 0.2) is 24.3 Å². The minimum Gasteiger partial charge on any atom is -0.482 e. The zero-order valence-corrected chi connectivity index (χ0v) is 11.9. The lowest BCUT2D eigenvalue weighted by Gasteiger charge is -2.08. The van der Waals surface area contributed by atoms with Gasteiger partial charge in [0.2, 0.25) is 5.91 Å². The first-order valence-corrected chi connectivity index (χ1v) is 6.93. The zero-order valence-electron chi connectivity index (χ0n) is 11.9. The van der Waals surface area contributed by atoms with Crippen LogP contribution >= 0.6 is 0 Å². The summed E-state index contributed by atoms with van der Waals surface area (Å²) >= 11 is 0. The first-order chi connectivity index (χ1) is 10.1. The molecular weight excluding hydrogens is 274 g/mol. The molecule has 2 rings (SSSR count). The molecule has 1 aliphatic rings. The van der Waals surface area contributed by atoms with Gasteiger partial charge in [-0.15, -0.1) is 0 Å². The van der Waals surface area contributed by atoms with Crippen molar-refractivity contribution in [1.82, 2.24) is 5.32 Å². The van der Waals surface area contributed by atoms with Crippen LogP contribution in [0.3, 0.4) is 0 Å². The molecule has 0 spiro atoms. The number of hydrogen-bond acceptors (Lipinski definition) is 4. The molecule has 1 aromatic rings. The molecule has 2 atom stereocenters. The Bertz CT molecular complexity index is 517. The number of rotatable bonds is 8. The Morgan fingerprint density at radius 1 is 1.43 bits per heavy atom. The normalized spacial score (nSPS) is 19.9. The van der Waals surface area contributed by atoms with Gasteiger partial charge in [0, 0.05) is 13.2 Å². The molecule has 0 aliphatic heterocycles. The molecule has 1 aliphatic carbocycles. The van der Waals surface area contributed by atoms with Crippen molar-refractivity contribution in [3.8, 4) is 5.75 Å². The second-order valence-corrected chi connectivity index (χ2v) is 4.88. The molecule has 1 amide bonds. The molecule has 21 heavy (non-hydrogen) atoms. The molecule has 2 unspecified atom stereocenters. The predicted molar refractivity (Wildman–Crippen MR) is 74.9 cm³/mol. The van der Waals surface area contributed by atoms with Gasteiger partial charge in [0.25, 0.3) is 0 Å². The second kappa shape index (κ2) is 7.08. The Morgan fingerprint density at radius 3 is 2.95 bits per heavy atom. The van der Waals surface area contributed by atoms with E-state index in [9.17, 15) is 9.59 Å². The fourth-order valence-electron chi connectivity index (χ4n) is 2.06. The van der Waals surface area contributed by atoms with Crippen LogP contribution in [-0.4, -0.2) is 36.3 Å². The van der Waals surface area contributed by atoms with E-state index in [0.29, 0.717) is 18.9 Å². The highest BCUT2D eigenvalue weighted by Crippen LogP contribution is 2.33. The lowest BCUT2D eigenvalue weighted by atomic mass is 10.2. The van der Waals surface area contributed by atoms with E-state index in [2.05, 4.69) is 5.32 Å². The summed E-state index contributed by atoms with van der Waals surface area (Å²) < 4.78 is 10.5. The molecule has 114 valence electrons. The van der Waals surface area contributed by atoms with Crippen LogP contribution in [0.1, 0.15) is 18.9 Å². The minimum absolute atomic E-state index is 0.00897. The number of carboxylic acid groups (broad SMARTS) is 1. The topological polar surface area (TPSA) is 84.9 Å². The van der Waals surface area contributed by atoms with Gasteiger partial charge in [-0.2, -0.15) is 0 Å². The van der Waals surface area contributed by atoms with Crippen molar-refractivity contribution in [2.24, 2.45) is 5.92 Å². The smallest absolute Gasteiger partial charge is 0.341 e. The minimum atomic E-state index is -1.02. The van der Waals surface area contributed by atoms with Gasteiger partial charge in [-0.05, 0) is 31.0 Å². The van der Waals surface area contributed by atoms with Gasteiger partial charge >= 0.3 is 5.97 Å². The largest absolute Gasteiger partial charge is 0.482 e. The highest BCUT2D eigenvalue weighted by molar-refractivity contribution is 5.82. The van der Waals surface area contributed by atoms with Crippen LogP contribution in [0.2, 0.25) is 0 Å². The maximum atomic E-state index is 11.9. The molecule has 6 heteroatoms. The van der Waals surface area contributed by atoms with E-state index >= 15 is 0 Å². The summed E-state index contributed by atoms with van der Waals surface area (Å²) in [6, 6.07) is 7.01. The predicted octanol–water partition coefficient (Wildman–Crippen LogP) is 1.19. The molecule has 2 N–H and O–H groups in total. The first kappa shape index (κ1) is 15.3. The number of carboxylic acids is 1. The Balaban J connectivity index is 1.79. The van der Waals surface area contributed by atoms with E-state index in [-0.39, 0.29) is 24.5 Å². The number of benzene rings is 1. The van der Waals surface area contributed by atoms with Crippen LogP contribution < -0.4 is 10.1 Å². The van der Waals surface area contributed by atoms with Crippen LogP contribution in [0, 0.1) is 5.92 Å². The second-order valence-electron chi connectivity index (χ2n) is 4.88. The quantitative estimate of drug-likeness (QED) is 0.752. The Kier molecular flexibility index (Phi) is 5.16. The molecule has 0 radical (unpaired) electrons. The number of carbonyl (C=O) groups excluding carboxylic acids is 1. The van der Waals surface area contributed by atoms with E-state index in [1.54, 1.807) is 18.2 Å². The van der Waals surface area contributed by atoms with Gasteiger partial charge in [-0.1, -0.05) is 12.1 Å². The fourth-order valence-corrected chi connectivity index (χ4v) is 2.06. The lowest BCUT2D eigenvalue weighted by molar-refractivity contribution is -0.139. The van der Waals surface area contributed by atoms with E-state index < -0.39 is 5.97 Å². The van der Waals surface area contributed by atoms with Crippen molar-refractivity contribution in [2.45, 2.75) is 26.0 Å². The number of carbonyl (C=O) groups is 2. The summed E-state index contributed by atoms with van der Waals surface area (Å²) in [5, 5.41) is 11.4. The van der Waals surface area contributed by atoms with E-state index in [4.69, 9.17) is 14.6 Å². The average Bonchev–Trinajstić information content (AvgIpc) is 3.23. The molecular formula is C15H19NO5. The maximum Gasteiger partial charge on any atom is 0.341 e. The van der Waals surface area contributed by atoms with Crippen LogP contribution in [0.25, 0.3) is 0 Å². The molecule has 0 saturated heterocycles. The van der Waals surface area contributed by atoms with Crippen molar-refractivity contribution in [3.63, 3.8) is 0 Å². The number of amides is 1. The average molecular weight is 293 g/mol. The summed E-state index contributed by atoms with van der Waals surface area (Å²) in [6.45, 7) is 2.54. The van der Waals surface area contributed by atoms with Crippen LogP contribution in [-0.2, 0) is 20.9 Å². The van der Waals surface area contributed by atoms with Crippen molar-refractivity contribution in [1.29, 1.82) is 0 Å². The van der Waals surface area contributed by atoms with Gasteiger partial charge < -0.3 is 19.9 Å². The lowest BCUT2D eigenvalue weighted by Crippen LogP contribution is -2.26. The summed E-state index contributed by atoms with van der Waals surface area (Å²) in [7, 11) is 0. The maximum absolute atomic E-state index is 11.9. The van der Waals surface area contributed by atoms with E-state index in [0.717, 1.165) is 12.0 Å². The zero-order chi connectivity index (χ0) is 15.2. The summed E-state index contributed by atoms with van der Waals surface area (Å²) in [5.74, 6) is -0.603. The molecule has 0 bridgehead atoms. The van der Waals surface area contributed by atoms with E-state index in [1.807, 2.05) is 13.0 Å². The number of hydrogen-bond donors (Lipinski definition) is 2. The third-order valence-electron chi connectivity index (χ3n) is 3.18. The highest BCUT2D eigenvalue weighted by Gasteiger charge is 2.43. The van der Waals surface area contributed by atoms with Crippen molar-refractivity contribution < 1.29 is 24.2 Å². The first-order valence-electron chi connectivity index (χ1n) is 6.93. The number of aliphatic carboxylic acids is 1. The molecule has 1 fully saturated rings. The van der Waals surface area contributed by atoms with Gasteiger partial charge in [0.15, 0.2) is 6.61 Å². The standard InChI is InChI=1S/C15H19NO5/c1-2-20-13-7-12(13)15(19)16-8-10-4-3-5-11(6-10)21-9-14(17)18/h3-6,12-13H,2,7-9H2,1H3,(H,16,19)(H,17,18). The molecule has 0 aromatic heterocycles. The molecule has 6 nitrogen and oxygen atoms in total. The van der Waals surface area contributed by atoms with Gasteiger partial charge in [-0.25, -0.2) is 4.79 Å². The Hall–Kier alpha value is -2.08. The highest BCUT2D eigenvalue weighted by atomic mass is 16.5. The van der Waals surface area contributed by atoms with Crippen LogP contribution in [0.5, 0.6) is 5.75 Å². The summed E-state index contributed by atoms with van der Waals surface area (Å²) in [5.41, 5.74) is 0.861. The fraction of sp³-hybridized carbons (Fsp3) is 0.467. The molecule has 1 saturated carbocycles. The molecule has 0 heterocycles. The number of ether oxygens (including phenoxy) is 2. The van der Waals surface area contributed by atoms with Gasteiger partial charge in [0.1, 0.15) is 5.75 Å². The SMILES string of the molecule is CCOC1CC1C(=O)NCc1cccc(OCC(=O)O)c1. The van der Waals surface area contributed by atoms with Crippen molar-refractivity contribution >= 4 is 11.9 Å². The summed E-state index contributed by atoms with van der Waals surface area (Å²) in [6.07, 6.45) is 0.835. The van der Waals surface area contributed by atoms with Gasteiger partial charge in [0.05, 0.1) is 12.0 Å². The summed E-state index contributed by atoms with van der Waals surface area (Å²) in [4.78, 5) is 22.3. The monoisotopic (exact) mass is 293 g/mol. The Morgan fingerprint density at radius 2 is 2.24 bits per heavy atom. The molecule has 1 aromatic carbocycles. The van der Waals surface area contributed by atoms with Gasteiger partial charge in [-0.3, -0.25) is 4.79 Å². The van der Waals surface area contributed by atoms with Crippen molar-refractivity contribution in [3.05, 3.63) is 29.8 Å². The van der Waals surface area contributed by atoms with Crippen molar-refractivity contribution in [2.75, 3.05) is 13.2 Å². The number of nitrogens with one attached hydrogen (secondary N) is 1. The Labute approximate surface area is 123 Å². The van der Waals surface area contributed by atoms with Crippen LogP contribution in [0.4, 0.5) is 0 Å².